The van der Waals surface area contributed by atoms with Crippen molar-refractivity contribution in [2.75, 3.05) is 13.2 Å². The van der Waals surface area contributed by atoms with Gasteiger partial charge in [-0.1, -0.05) is 30.3 Å². The fraction of sp³-hybridized carbons (Fsp3) is 0.562. The number of rotatable bonds is 5. The van der Waals surface area contributed by atoms with Crippen molar-refractivity contribution in [1.82, 2.24) is 5.32 Å². The summed E-state index contributed by atoms with van der Waals surface area (Å²) in [5.74, 6) is -0.0719. The second kappa shape index (κ2) is 6.86. The molecule has 20 heavy (non-hydrogen) atoms. The van der Waals surface area contributed by atoms with Gasteiger partial charge >= 0.3 is 0 Å². The number of aliphatic hydroxyl groups is 1. The minimum Gasteiger partial charge on any atom is -0.394 e. The van der Waals surface area contributed by atoms with E-state index in [1.807, 2.05) is 37.3 Å². The number of carbonyl (C=O) groups excluding carboxylic acids is 1. The van der Waals surface area contributed by atoms with E-state index >= 15 is 0 Å². The molecule has 2 rings (SSSR count). The third kappa shape index (κ3) is 3.81. The molecule has 1 aliphatic rings. The summed E-state index contributed by atoms with van der Waals surface area (Å²) in [6.45, 7) is 2.45. The first-order valence-electron chi connectivity index (χ1n) is 7.23. The second-order valence-electron chi connectivity index (χ2n) is 5.60. The van der Waals surface area contributed by atoms with Gasteiger partial charge in [-0.25, -0.2) is 0 Å². The molecule has 110 valence electrons. The number of ether oxygens (including phenoxy) is 1. The topological polar surface area (TPSA) is 58.6 Å². The van der Waals surface area contributed by atoms with Crippen molar-refractivity contribution in [3.63, 3.8) is 0 Å². The summed E-state index contributed by atoms with van der Waals surface area (Å²) in [7, 11) is 0. The quantitative estimate of drug-likeness (QED) is 0.865. The van der Waals surface area contributed by atoms with E-state index in [2.05, 4.69) is 5.32 Å². The summed E-state index contributed by atoms with van der Waals surface area (Å²) in [5, 5.41) is 12.6. The molecule has 4 heteroatoms. The van der Waals surface area contributed by atoms with Crippen LogP contribution in [0.5, 0.6) is 0 Å². The fourth-order valence-corrected chi connectivity index (χ4v) is 2.54. The molecule has 1 fully saturated rings. The fourth-order valence-electron chi connectivity index (χ4n) is 2.54. The van der Waals surface area contributed by atoms with Crippen molar-refractivity contribution in [2.24, 2.45) is 0 Å². The van der Waals surface area contributed by atoms with Crippen LogP contribution in [0.1, 0.15) is 38.2 Å². The average Bonchev–Trinajstić information content (AvgIpc) is 2.49. The maximum absolute atomic E-state index is 12.2. The Bertz CT molecular complexity index is 429. The zero-order chi connectivity index (χ0) is 14.4. The number of aliphatic hydroxyl groups excluding tert-OH is 1. The van der Waals surface area contributed by atoms with Gasteiger partial charge in [0.05, 0.1) is 24.7 Å². The molecule has 1 aromatic carbocycles. The molecule has 1 aromatic rings. The Labute approximate surface area is 120 Å². The van der Waals surface area contributed by atoms with Gasteiger partial charge in [0.1, 0.15) is 0 Å². The molecular formula is C16H23NO3. The van der Waals surface area contributed by atoms with Crippen LogP contribution in [0.3, 0.4) is 0 Å². The van der Waals surface area contributed by atoms with Gasteiger partial charge in [0.2, 0.25) is 5.91 Å². The molecule has 4 nitrogen and oxygen atoms in total. The summed E-state index contributed by atoms with van der Waals surface area (Å²) in [5.41, 5.74) is 0.160. The van der Waals surface area contributed by atoms with Crippen molar-refractivity contribution >= 4 is 5.91 Å². The van der Waals surface area contributed by atoms with E-state index in [1.165, 1.54) is 0 Å². The molecule has 1 amide bonds. The Morgan fingerprint density at radius 3 is 2.75 bits per heavy atom. The maximum atomic E-state index is 12.2. The van der Waals surface area contributed by atoms with Crippen LogP contribution in [0.25, 0.3) is 0 Å². The zero-order valence-corrected chi connectivity index (χ0v) is 12.0. The molecule has 0 saturated carbocycles. The predicted octanol–water partition coefficient (Wildman–Crippen LogP) is 1.97. The van der Waals surface area contributed by atoms with E-state index < -0.39 is 5.54 Å². The summed E-state index contributed by atoms with van der Waals surface area (Å²) in [4.78, 5) is 12.2. The average molecular weight is 277 g/mol. The van der Waals surface area contributed by atoms with Gasteiger partial charge in [-0.3, -0.25) is 4.79 Å². The Balaban J connectivity index is 1.96. The number of carbonyl (C=O) groups is 1. The zero-order valence-electron chi connectivity index (χ0n) is 12.0. The highest BCUT2D eigenvalue weighted by atomic mass is 16.5. The van der Waals surface area contributed by atoms with Gasteiger partial charge in [-0.15, -0.1) is 0 Å². The molecule has 0 aromatic heterocycles. The highest BCUT2D eigenvalue weighted by Crippen LogP contribution is 2.21. The van der Waals surface area contributed by atoms with Crippen LogP contribution in [-0.4, -0.2) is 30.3 Å². The van der Waals surface area contributed by atoms with Gasteiger partial charge in [-0.05, 0) is 31.7 Å². The first-order chi connectivity index (χ1) is 9.64. The van der Waals surface area contributed by atoms with Crippen molar-refractivity contribution in [2.45, 2.75) is 44.2 Å². The highest BCUT2D eigenvalue weighted by molar-refractivity contribution is 5.77. The van der Waals surface area contributed by atoms with Crippen molar-refractivity contribution < 1.29 is 14.6 Å². The van der Waals surface area contributed by atoms with Crippen LogP contribution in [0.2, 0.25) is 0 Å². The number of nitrogens with one attached hydrogen (secondary N) is 1. The Kier molecular flexibility index (Phi) is 5.15. The van der Waals surface area contributed by atoms with Crippen LogP contribution in [0.15, 0.2) is 30.3 Å². The number of hydrogen-bond donors (Lipinski definition) is 2. The molecule has 2 unspecified atom stereocenters. The third-order valence-corrected chi connectivity index (χ3v) is 3.83. The molecule has 0 radical (unpaired) electrons. The predicted molar refractivity (Wildman–Crippen MR) is 77.2 cm³/mol. The molecule has 2 N–H and O–H groups in total. The summed E-state index contributed by atoms with van der Waals surface area (Å²) >= 11 is 0. The lowest BCUT2D eigenvalue weighted by atomic mass is 9.92. The lowest BCUT2D eigenvalue weighted by molar-refractivity contribution is -0.127. The number of benzene rings is 1. The molecular weight excluding hydrogens is 254 g/mol. The standard InChI is InChI=1S/C16H23NO3/c1-16(12-18,13-7-3-2-4-8-13)17-15(19)11-14-9-5-6-10-20-14/h2-4,7-8,14,18H,5-6,9-12H2,1H3,(H,17,19). The summed E-state index contributed by atoms with van der Waals surface area (Å²) in [6, 6.07) is 9.54. The molecule has 1 aliphatic heterocycles. The van der Waals surface area contributed by atoms with E-state index in [9.17, 15) is 9.90 Å². The van der Waals surface area contributed by atoms with Crippen LogP contribution in [-0.2, 0) is 15.1 Å². The smallest absolute Gasteiger partial charge is 0.223 e. The van der Waals surface area contributed by atoms with Gasteiger partial charge < -0.3 is 15.2 Å². The Morgan fingerprint density at radius 2 is 2.15 bits per heavy atom. The Morgan fingerprint density at radius 1 is 1.40 bits per heavy atom. The van der Waals surface area contributed by atoms with E-state index in [0.717, 1.165) is 31.4 Å². The van der Waals surface area contributed by atoms with Crippen molar-refractivity contribution in [3.8, 4) is 0 Å². The van der Waals surface area contributed by atoms with E-state index in [1.54, 1.807) is 0 Å². The van der Waals surface area contributed by atoms with Crippen molar-refractivity contribution in [1.29, 1.82) is 0 Å². The normalized spacial score (nSPS) is 22.0. The third-order valence-electron chi connectivity index (χ3n) is 3.83. The lowest BCUT2D eigenvalue weighted by Gasteiger charge is -2.30. The molecule has 0 bridgehead atoms. The van der Waals surface area contributed by atoms with E-state index in [0.29, 0.717) is 6.42 Å². The highest BCUT2D eigenvalue weighted by Gasteiger charge is 2.29. The monoisotopic (exact) mass is 277 g/mol. The largest absolute Gasteiger partial charge is 0.394 e. The van der Waals surface area contributed by atoms with Gasteiger partial charge in [0, 0.05) is 6.61 Å². The first-order valence-corrected chi connectivity index (χ1v) is 7.23. The van der Waals surface area contributed by atoms with Gasteiger partial charge in [0.25, 0.3) is 0 Å². The van der Waals surface area contributed by atoms with Gasteiger partial charge in [0.15, 0.2) is 0 Å². The molecule has 2 atom stereocenters. The lowest BCUT2D eigenvalue weighted by Crippen LogP contribution is -2.47. The number of hydrogen-bond acceptors (Lipinski definition) is 3. The summed E-state index contributed by atoms with van der Waals surface area (Å²) in [6.07, 6.45) is 3.52. The summed E-state index contributed by atoms with van der Waals surface area (Å²) < 4.78 is 5.58. The molecule has 0 aliphatic carbocycles. The Hall–Kier alpha value is -1.39. The number of amides is 1. The molecule has 1 heterocycles. The van der Waals surface area contributed by atoms with Crippen LogP contribution >= 0.6 is 0 Å². The maximum Gasteiger partial charge on any atom is 0.223 e. The van der Waals surface area contributed by atoms with Crippen LogP contribution in [0, 0.1) is 0 Å². The van der Waals surface area contributed by atoms with Crippen molar-refractivity contribution in [3.05, 3.63) is 35.9 Å². The van der Waals surface area contributed by atoms with Crippen LogP contribution in [0.4, 0.5) is 0 Å². The van der Waals surface area contributed by atoms with Crippen LogP contribution < -0.4 is 5.32 Å². The minimum atomic E-state index is -0.743. The minimum absolute atomic E-state index is 0.0162. The van der Waals surface area contributed by atoms with Gasteiger partial charge in [-0.2, -0.15) is 0 Å². The van der Waals surface area contributed by atoms with E-state index in [4.69, 9.17) is 4.74 Å². The van der Waals surface area contributed by atoms with E-state index in [-0.39, 0.29) is 18.6 Å². The second-order valence-corrected chi connectivity index (χ2v) is 5.60. The SMILES string of the molecule is CC(CO)(NC(=O)CC1CCCCO1)c1ccccc1. The molecule has 1 saturated heterocycles. The molecule has 0 spiro atoms. The first kappa shape index (κ1) is 15.0.